The highest BCUT2D eigenvalue weighted by Crippen LogP contribution is 2.26. The molecule has 1 amide bonds. The Kier molecular flexibility index (Phi) is 6.02. The van der Waals surface area contributed by atoms with E-state index in [4.69, 9.17) is 0 Å². The number of fused-ring (bicyclic) bond motifs is 1. The van der Waals surface area contributed by atoms with Gasteiger partial charge >= 0.3 is 0 Å². The number of halogens is 1. The van der Waals surface area contributed by atoms with Crippen LogP contribution in [0.5, 0.6) is 0 Å². The van der Waals surface area contributed by atoms with Gasteiger partial charge in [-0.1, -0.05) is 45.0 Å². The van der Waals surface area contributed by atoms with E-state index >= 15 is 0 Å². The summed E-state index contributed by atoms with van der Waals surface area (Å²) in [7, 11) is -3.98. The molecule has 3 aromatic rings. The zero-order valence-corrected chi connectivity index (χ0v) is 19.5. The molecule has 0 unspecified atom stereocenters. The minimum absolute atomic E-state index is 0.00967. The van der Waals surface area contributed by atoms with Gasteiger partial charge in [-0.25, -0.2) is 22.8 Å². The van der Waals surface area contributed by atoms with Crippen LogP contribution in [0.4, 0.5) is 10.3 Å². The molecule has 0 aliphatic carbocycles. The monoisotopic (exact) mass is 468 g/mol. The van der Waals surface area contributed by atoms with Crippen LogP contribution in [0, 0.1) is 5.82 Å². The summed E-state index contributed by atoms with van der Waals surface area (Å²) in [4.78, 5) is 20.8. The molecule has 2 aromatic carbocycles. The maximum atomic E-state index is 14.1. The van der Waals surface area contributed by atoms with Gasteiger partial charge in [0.2, 0.25) is 16.0 Å². The van der Waals surface area contributed by atoms with Crippen LogP contribution in [0.15, 0.2) is 59.6 Å². The van der Waals surface area contributed by atoms with E-state index in [9.17, 15) is 17.6 Å². The third kappa shape index (κ3) is 4.79. The fraction of sp³-hybridized carbons (Fsp3) is 0.292. The summed E-state index contributed by atoms with van der Waals surface area (Å²) < 4.78 is 41.0. The first kappa shape index (κ1) is 23.0. The molecule has 0 atom stereocenters. The molecule has 1 N–H and O–H groups in total. The van der Waals surface area contributed by atoms with E-state index in [1.54, 1.807) is 12.1 Å². The van der Waals surface area contributed by atoms with Crippen LogP contribution in [-0.2, 0) is 28.4 Å². The highest BCUT2D eigenvalue weighted by Gasteiger charge is 2.31. The number of carbonyl (C=O) groups excluding carboxylic acids is 1. The Labute approximate surface area is 192 Å². The lowest BCUT2D eigenvalue weighted by Crippen LogP contribution is -2.37. The molecule has 1 aliphatic rings. The second kappa shape index (κ2) is 8.64. The summed E-state index contributed by atoms with van der Waals surface area (Å²) in [6.07, 6.45) is 1.83. The Morgan fingerprint density at radius 2 is 1.79 bits per heavy atom. The van der Waals surface area contributed by atoms with Crippen molar-refractivity contribution in [2.24, 2.45) is 0 Å². The molecule has 4 rings (SSSR count). The van der Waals surface area contributed by atoms with E-state index in [1.165, 1.54) is 28.7 Å². The van der Waals surface area contributed by atoms with Gasteiger partial charge in [0.05, 0.1) is 5.69 Å². The number of rotatable bonds is 4. The minimum atomic E-state index is -3.98. The third-order valence-electron chi connectivity index (χ3n) is 5.59. The molecule has 172 valence electrons. The number of carbonyl (C=O) groups is 1. The Morgan fingerprint density at radius 3 is 2.45 bits per heavy atom. The summed E-state index contributed by atoms with van der Waals surface area (Å²) in [6, 6.07) is 12.7. The average molecular weight is 469 g/mol. The number of hydrogen-bond acceptors (Lipinski definition) is 5. The fourth-order valence-electron chi connectivity index (χ4n) is 3.64. The number of hydrogen-bond donors (Lipinski definition) is 1. The summed E-state index contributed by atoms with van der Waals surface area (Å²) in [5.74, 6) is -0.952. The van der Waals surface area contributed by atoms with Crippen LogP contribution in [0.25, 0.3) is 0 Å². The molecule has 0 saturated heterocycles. The van der Waals surface area contributed by atoms with Gasteiger partial charge in [-0.3, -0.25) is 10.1 Å². The van der Waals surface area contributed by atoms with Crippen LogP contribution < -0.4 is 5.32 Å². The van der Waals surface area contributed by atoms with Gasteiger partial charge < -0.3 is 0 Å². The summed E-state index contributed by atoms with van der Waals surface area (Å²) in [6.45, 7) is 6.50. The van der Waals surface area contributed by atoms with Crippen molar-refractivity contribution in [2.45, 2.75) is 44.0 Å². The SMILES string of the molecule is CC(C)(C)c1ccc(C(=O)Nc2ncc3c(n2)CCN(S(=O)(=O)c2ccccc2F)C3)cc1. The number of sulfonamides is 1. The smallest absolute Gasteiger partial charge is 0.258 e. The predicted molar refractivity (Wildman–Crippen MR) is 123 cm³/mol. The number of benzene rings is 2. The molecule has 0 bridgehead atoms. The highest BCUT2D eigenvalue weighted by atomic mass is 32.2. The number of anilines is 1. The molecule has 2 heterocycles. The van der Waals surface area contributed by atoms with E-state index in [0.717, 1.165) is 11.6 Å². The first-order valence-electron chi connectivity index (χ1n) is 10.6. The lowest BCUT2D eigenvalue weighted by atomic mass is 9.87. The first-order valence-corrected chi connectivity index (χ1v) is 12.0. The van der Waals surface area contributed by atoms with Crippen LogP contribution >= 0.6 is 0 Å². The summed E-state index contributed by atoms with van der Waals surface area (Å²) in [5.41, 5.74) is 2.88. The molecular formula is C24H25FN4O3S. The maximum absolute atomic E-state index is 14.1. The Balaban J connectivity index is 1.48. The number of nitrogens with zero attached hydrogens (tertiary/aromatic N) is 3. The molecule has 9 heteroatoms. The van der Waals surface area contributed by atoms with E-state index in [1.807, 2.05) is 12.1 Å². The minimum Gasteiger partial charge on any atom is -0.290 e. The van der Waals surface area contributed by atoms with E-state index < -0.39 is 15.8 Å². The second-order valence-corrected chi connectivity index (χ2v) is 10.9. The fourth-order valence-corrected chi connectivity index (χ4v) is 5.13. The van der Waals surface area contributed by atoms with Crippen molar-refractivity contribution < 1.29 is 17.6 Å². The second-order valence-electron chi connectivity index (χ2n) is 8.97. The average Bonchev–Trinajstić information content (AvgIpc) is 2.78. The molecule has 1 aromatic heterocycles. The van der Waals surface area contributed by atoms with Gasteiger partial charge in [0.25, 0.3) is 5.91 Å². The Bertz CT molecular complexity index is 1300. The van der Waals surface area contributed by atoms with Crippen molar-refractivity contribution in [3.8, 4) is 0 Å². The normalized spacial score (nSPS) is 14.5. The lowest BCUT2D eigenvalue weighted by Gasteiger charge is -2.27. The van der Waals surface area contributed by atoms with Crippen molar-refractivity contribution in [1.82, 2.24) is 14.3 Å². The molecule has 0 radical (unpaired) electrons. The van der Waals surface area contributed by atoms with Gasteiger partial charge in [0, 0.05) is 36.8 Å². The van der Waals surface area contributed by atoms with Crippen molar-refractivity contribution in [3.05, 3.63) is 82.9 Å². The van der Waals surface area contributed by atoms with Crippen molar-refractivity contribution >= 4 is 21.9 Å². The molecule has 0 spiro atoms. The Hall–Kier alpha value is -3.17. The largest absolute Gasteiger partial charge is 0.290 e. The Morgan fingerprint density at radius 1 is 1.09 bits per heavy atom. The van der Waals surface area contributed by atoms with E-state index in [2.05, 4.69) is 36.1 Å². The molecule has 1 aliphatic heterocycles. The van der Waals surface area contributed by atoms with E-state index in [-0.39, 0.29) is 35.3 Å². The molecule has 0 saturated carbocycles. The highest BCUT2D eigenvalue weighted by molar-refractivity contribution is 7.89. The topological polar surface area (TPSA) is 92.3 Å². The number of nitrogens with one attached hydrogen (secondary N) is 1. The molecular weight excluding hydrogens is 443 g/mol. The lowest BCUT2D eigenvalue weighted by molar-refractivity contribution is 0.102. The van der Waals surface area contributed by atoms with Crippen LogP contribution in [0.2, 0.25) is 0 Å². The third-order valence-corrected chi connectivity index (χ3v) is 7.47. The molecule has 33 heavy (non-hydrogen) atoms. The van der Waals surface area contributed by atoms with Crippen LogP contribution in [0.3, 0.4) is 0 Å². The van der Waals surface area contributed by atoms with Gasteiger partial charge in [0.15, 0.2) is 0 Å². The van der Waals surface area contributed by atoms with Gasteiger partial charge in [-0.05, 0) is 35.2 Å². The van der Waals surface area contributed by atoms with Gasteiger partial charge in [0.1, 0.15) is 10.7 Å². The van der Waals surface area contributed by atoms with Crippen LogP contribution in [-0.4, -0.2) is 35.1 Å². The zero-order chi connectivity index (χ0) is 23.8. The number of amides is 1. The van der Waals surface area contributed by atoms with Crippen molar-refractivity contribution in [3.63, 3.8) is 0 Å². The summed E-state index contributed by atoms with van der Waals surface area (Å²) in [5, 5.41) is 2.70. The van der Waals surface area contributed by atoms with Gasteiger partial charge in [-0.15, -0.1) is 0 Å². The zero-order valence-electron chi connectivity index (χ0n) is 18.7. The standard InChI is InChI=1S/C24H25FN4O3S/c1-24(2,3)18-10-8-16(9-11-18)22(30)28-23-26-14-17-15-29(13-12-20(17)27-23)33(31,32)21-7-5-4-6-19(21)25/h4-11,14H,12-13,15H2,1-3H3,(H,26,27,28,30). The number of aromatic nitrogens is 2. The maximum Gasteiger partial charge on any atom is 0.258 e. The molecule has 7 nitrogen and oxygen atoms in total. The quantitative estimate of drug-likeness (QED) is 0.627. The van der Waals surface area contributed by atoms with Crippen molar-refractivity contribution in [1.29, 1.82) is 0 Å². The van der Waals surface area contributed by atoms with E-state index in [0.29, 0.717) is 23.2 Å². The summed E-state index contributed by atoms with van der Waals surface area (Å²) >= 11 is 0. The van der Waals surface area contributed by atoms with Crippen LogP contribution in [0.1, 0.15) is 48.0 Å². The van der Waals surface area contributed by atoms with Crippen molar-refractivity contribution in [2.75, 3.05) is 11.9 Å². The predicted octanol–water partition coefficient (Wildman–Crippen LogP) is 3.91. The molecule has 0 fully saturated rings. The van der Waals surface area contributed by atoms with Gasteiger partial charge in [-0.2, -0.15) is 4.31 Å². The first-order chi connectivity index (χ1) is 15.6.